The number of ketones is 1. The Hall–Kier alpha value is -4.06. The van der Waals surface area contributed by atoms with Gasteiger partial charge in [-0.25, -0.2) is 9.69 Å². The lowest BCUT2D eigenvalue weighted by Gasteiger charge is -2.13. The fourth-order valence-electron chi connectivity index (χ4n) is 3.30. The highest BCUT2D eigenvalue weighted by molar-refractivity contribution is 6.34. The molecule has 0 unspecified atom stereocenters. The van der Waals surface area contributed by atoms with Crippen molar-refractivity contribution in [3.05, 3.63) is 101 Å². The number of nitrogens with zero attached hydrogens (tertiary/aromatic N) is 1. The van der Waals surface area contributed by atoms with Crippen molar-refractivity contribution in [1.82, 2.24) is 0 Å². The Morgan fingerprint density at radius 2 is 1.37 bits per heavy atom. The third-order valence-electron chi connectivity index (χ3n) is 4.85. The van der Waals surface area contributed by atoms with E-state index in [1.54, 1.807) is 60.7 Å². The van der Waals surface area contributed by atoms with E-state index in [1.807, 2.05) is 0 Å². The maximum Gasteiger partial charge on any atom is 0.338 e. The monoisotopic (exact) mass is 399 g/mol. The molecule has 30 heavy (non-hydrogen) atoms. The van der Waals surface area contributed by atoms with Crippen LogP contribution in [0.3, 0.4) is 0 Å². The minimum absolute atomic E-state index is 0.0949. The average Bonchev–Trinajstić information content (AvgIpc) is 3.03. The van der Waals surface area contributed by atoms with Gasteiger partial charge in [-0.05, 0) is 37.3 Å². The van der Waals surface area contributed by atoms with Crippen molar-refractivity contribution in [2.45, 2.75) is 13.0 Å². The van der Waals surface area contributed by atoms with Gasteiger partial charge in [0.2, 0.25) is 5.78 Å². The van der Waals surface area contributed by atoms with Crippen LogP contribution in [0.1, 0.15) is 48.4 Å². The van der Waals surface area contributed by atoms with E-state index < -0.39 is 23.9 Å². The molecule has 0 aliphatic carbocycles. The van der Waals surface area contributed by atoms with Gasteiger partial charge in [0.05, 0.1) is 22.4 Å². The number of hydrogen-bond donors (Lipinski definition) is 0. The van der Waals surface area contributed by atoms with Gasteiger partial charge >= 0.3 is 5.97 Å². The van der Waals surface area contributed by atoms with Crippen LogP contribution in [0.15, 0.2) is 78.9 Å². The van der Waals surface area contributed by atoms with E-state index in [0.29, 0.717) is 11.3 Å². The molecule has 0 N–H and O–H groups in total. The second-order valence-electron chi connectivity index (χ2n) is 6.82. The highest BCUT2D eigenvalue weighted by Crippen LogP contribution is 2.29. The van der Waals surface area contributed by atoms with Gasteiger partial charge in [0.25, 0.3) is 11.8 Å². The predicted octanol–water partition coefficient (Wildman–Crippen LogP) is 3.92. The number of ether oxygens (including phenoxy) is 1. The molecule has 3 aromatic carbocycles. The Morgan fingerprint density at radius 1 is 0.767 bits per heavy atom. The number of amides is 2. The summed E-state index contributed by atoms with van der Waals surface area (Å²) in [6.07, 6.45) is -0.994. The summed E-state index contributed by atoms with van der Waals surface area (Å²) < 4.78 is 5.29. The van der Waals surface area contributed by atoms with Crippen molar-refractivity contribution in [3.8, 4) is 0 Å². The fraction of sp³-hybridized carbons (Fsp3) is 0.0833. The molecule has 148 valence electrons. The van der Waals surface area contributed by atoms with Crippen LogP contribution in [0.25, 0.3) is 0 Å². The van der Waals surface area contributed by atoms with Gasteiger partial charge in [-0.3, -0.25) is 14.4 Å². The van der Waals surface area contributed by atoms with Crippen molar-refractivity contribution in [1.29, 1.82) is 0 Å². The van der Waals surface area contributed by atoms with Gasteiger partial charge in [0, 0.05) is 5.56 Å². The number of carbonyl (C=O) groups excluding carboxylic acids is 4. The van der Waals surface area contributed by atoms with Gasteiger partial charge in [-0.2, -0.15) is 0 Å². The molecular weight excluding hydrogens is 382 g/mol. The lowest BCUT2D eigenvalue weighted by molar-refractivity contribution is 0.0318. The fourth-order valence-corrected chi connectivity index (χ4v) is 3.30. The number of benzene rings is 3. The number of para-hydroxylation sites is 1. The highest BCUT2D eigenvalue weighted by Gasteiger charge is 2.37. The molecule has 6 nitrogen and oxygen atoms in total. The van der Waals surface area contributed by atoms with E-state index in [9.17, 15) is 19.2 Å². The SMILES string of the molecule is C[C@H](OC(=O)c1ccc2c(c1)C(=O)N(c1ccccc1)C2=O)C(=O)c1ccccc1. The first-order valence-corrected chi connectivity index (χ1v) is 9.35. The molecule has 0 saturated carbocycles. The van der Waals surface area contributed by atoms with E-state index in [1.165, 1.54) is 25.1 Å². The van der Waals surface area contributed by atoms with Gasteiger partial charge in [0.1, 0.15) is 0 Å². The molecule has 0 radical (unpaired) electrons. The normalized spacial score (nSPS) is 13.7. The minimum atomic E-state index is -0.994. The number of esters is 1. The van der Waals surface area contributed by atoms with Crippen molar-refractivity contribution in [2.75, 3.05) is 4.90 Å². The largest absolute Gasteiger partial charge is 0.451 e. The van der Waals surface area contributed by atoms with Crippen LogP contribution < -0.4 is 4.90 Å². The summed E-state index contributed by atoms with van der Waals surface area (Å²) in [6.45, 7) is 1.49. The van der Waals surface area contributed by atoms with Crippen LogP contribution in [-0.4, -0.2) is 29.7 Å². The lowest BCUT2D eigenvalue weighted by Crippen LogP contribution is -2.29. The molecule has 1 heterocycles. The Morgan fingerprint density at radius 3 is 2.03 bits per heavy atom. The first kappa shape index (κ1) is 19.3. The molecule has 1 aliphatic rings. The van der Waals surface area contributed by atoms with Crippen LogP contribution in [0.4, 0.5) is 5.69 Å². The molecule has 0 fully saturated rings. The summed E-state index contributed by atoms with van der Waals surface area (Å²) >= 11 is 0. The zero-order valence-electron chi connectivity index (χ0n) is 16.1. The topological polar surface area (TPSA) is 80.8 Å². The summed E-state index contributed by atoms with van der Waals surface area (Å²) in [5.41, 5.74) is 1.33. The minimum Gasteiger partial charge on any atom is -0.451 e. The Balaban J connectivity index is 1.55. The maximum absolute atomic E-state index is 12.8. The molecule has 3 aromatic rings. The summed E-state index contributed by atoms with van der Waals surface area (Å²) in [5, 5.41) is 0. The number of fused-ring (bicyclic) bond motifs is 1. The summed E-state index contributed by atoms with van der Waals surface area (Å²) in [5.74, 6) is -2.03. The van der Waals surface area contributed by atoms with E-state index in [2.05, 4.69) is 0 Å². The number of imide groups is 1. The number of anilines is 1. The zero-order valence-corrected chi connectivity index (χ0v) is 16.1. The van der Waals surface area contributed by atoms with Crippen LogP contribution in [0, 0.1) is 0 Å². The lowest BCUT2D eigenvalue weighted by atomic mass is 10.1. The molecule has 1 atom stereocenters. The van der Waals surface area contributed by atoms with Gasteiger partial charge in [-0.15, -0.1) is 0 Å². The third-order valence-corrected chi connectivity index (χ3v) is 4.85. The van der Waals surface area contributed by atoms with Crippen LogP contribution in [0.2, 0.25) is 0 Å². The van der Waals surface area contributed by atoms with Crippen molar-refractivity contribution in [2.24, 2.45) is 0 Å². The standard InChI is InChI=1S/C24H17NO5/c1-15(21(26)16-8-4-2-5-9-16)30-24(29)17-12-13-19-20(14-17)23(28)25(22(19)27)18-10-6-3-7-11-18/h2-15H,1H3/t15-/m0/s1. The molecule has 0 saturated heterocycles. The van der Waals surface area contributed by atoms with E-state index in [0.717, 1.165) is 4.90 Å². The van der Waals surface area contributed by atoms with Crippen molar-refractivity contribution in [3.63, 3.8) is 0 Å². The molecule has 2 amide bonds. The first-order chi connectivity index (χ1) is 14.5. The molecule has 6 heteroatoms. The Labute approximate surface area is 172 Å². The van der Waals surface area contributed by atoms with Crippen molar-refractivity contribution < 1.29 is 23.9 Å². The van der Waals surface area contributed by atoms with E-state index in [4.69, 9.17) is 4.74 Å². The van der Waals surface area contributed by atoms with Gasteiger partial charge < -0.3 is 4.74 Å². The van der Waals surface area contributed by atoms with Crippen molar-refractivity contribution >= 4 is 29.3 Å². The van der Waals surface area contributed by atoms with Crippen LogP contribution >= 0.6 is 0 Å². The molecule has 0 aromatic heterocycles. The predicted molar refractivity (Wildman–Crippen MR) is 110 cm³/mol. The Kier molecular flexibility index (Phi) is 4.98. The number of hydrogen-bond acceptors (Lipinski definition) is 5. The quantitative estimate of drug-likeness (QED) is 0.369. The van der Waals surface area contributed by atoms with E-state index in [-0.39, 0.29) is 22.5 Å². The third kappa shape index (κ3) is 3.39. The molecule has 1 aliphatic heterocycles. The maximum atomic E-state index is 12.8. The molecular formula is C24H17NO5. The number of Topliss-reactive ketones (excluding diaryl/α,β-unsaturated/α-hetero) is 1. The summed E-state index contributed by atoms with van der Waals surface area (Å²) in [6, 6.07) is 21.3. The summed E-state index contributed by atoms with van der Waals surface area (Å²) in [4.78, 5) is 51.5. The molecule has 4 rings (SSSR count). The van der Waals surface area contributed by atoms with Crippen LogP contribution in [-0.2, 0) is 4.74 Å². The Bertz CT molecular complexity index is 1150. The van der Waals surface area contributed by atoms with Crippen LogP contribution in [0.5, 0.6) is 0 Å². The second-order valence-corrected chi connectivity index (χ2v) is 6.82. The first-order valence-electron chi connectivity index (χ1n) is 9.35. The van der Waals surface area contributed by atoms with Gasteiger partial charge in [-0.1, -0.05) is 48.5 Å². The number of rotatable bonds is 5. The smallest absolute Gasteiger partial charge is 0.338 e. The average molecular weight is 399 g/mol. The molecule has 0 bridgehead atoms. The van der Waals surface area contributed by atoms with Gasteiger partial charge in [0.15, 0.2) is 6.10 Å². The second kappa shape index (κ2) is 7.75. The molecule has 0 spiro atoms. The highest BCUT2D eigenvalue weighted by atomic mass is 16.5. The number of carbonyl (C=O) groups is 4. The van der Waals surface area contributed by atoms with E-state index >= 15 is 0 Å². The zero-order chi connectivity index (χ0) is 21.3. The summed E-state index contributed by atoms with van der Waals surface area (Å²) in [7, 11) is 0.